The lowest BCUT2D eigenvalue weighted by molar-refractivity contribution is 0.360. The van der Waals surface area contributed by atoms with Crippen molar-refractivity contribution in [2.24, 2.45) is 11.5 Å². The van der Waals surface area contributed by atoms with Gasteiger partial charge in [-0.1, -0.05) is 35.4 Å². The molecular weight excluding hydrogens is 544 g/mol. The van der Waals surface area contributed by atoms with Crippen molar-refractivity contribution in [2.45, 2.75) is 89.9 Å². The van der Waals surface area contributed by atoms with Crippen molar-refractivity contribution in [2.75, 3.05) is 39.3 Å². The first kappa shape index (κ1) is 34.4. The predicted molar refractivity (Wildman–Crippen MR) is 165 cm³/mol. The molecule has 0 atom stereocenters. The van der Waals surface area contributed by atoms with E-state index in [1.807, 2.05) is 65.8 Å². The van der Waals surface area contributed by atoms with Gasteiger partial charge in [0.15, 0.2) is 0 Å². The first-order chi connectivity index (χ1) is 18.8. The van der Waals surface area contributed by atoms with Crippen LogP contribution < -0.4 is 11.5 Å². The molecule has 10 heteroatoms. The molecule has 4 N–H and O–H groups in total. The molecule has 2 aromatic rings. The molecule has 2 aromatic carbocycles. The molecule has 0 amide bonds. The number of sulfonamides is 2. The molecule has 40 heavy (non-hydrogen) atoms. The van der Waals surface area contributed by atoms with Gasteiger partial charge in [-0.15, -0.1) is 0 Å². The number of hydrogen-bond donors (Lipinski definition) is 2. The molecule has 0 aliphatic rings. The smallest absolute Gasteiger partial charge is 0.243 e. The van der Waals surface area contributed by atoms with Crippen molar-refractivity contribution >= 4 is 20.0 Å². The highest BCUT2D eigenvalue weighted by Crippen LogP contribution is 2.28. The van der Waals surface area contributed by atoms with Crippen LogP contribution in [0, 0.1) is 41.5 Å². The van der Waals surface area contributed by atoms with Crippen molar-refractivity contribution in [3.05, 3.63) is 57.6 Å². The molecule has 0 spiro atoms. The van der Waals surface area contributed by atoms with Gasteiger partial charge in [0, 0.05) is 26.2 Å². The first-order valence-corrected chi connectivity index (χ1v) is 17.2. The zero-order chi connectivity index (χ0) is 30.1. The van der Waals surface area contributed by atoms with Gasteiger partial charge in [0.05, 0.1) is 9.79 Å². The van der Waals surface area contributed by atoms with E-state index in [1.54, 1.807) is 8.61 Å². The molecule has 226 valence electrons. The number of hydrogen-bond acceptors (Lipinski definition) is 6. The second kappa shape index (κ2) is 15.4. The molecule has 0 saturated heterocycles. The summed E-state index contributed by atoms with van der Waals surface area (Å²) >= 11 is 0. The van der Waals surface area contributed by atoms with Crippen LogP contribution in [-0.4, -0.2) is 64.7 Å². The second-order valence-electron chi connectivity index (χ2n) is 11.0. The molecule has 0 heterocycles. The van der Waals surface area contributed by atoms with Crippen LogP contribution in [0.1, 0.15) is 71.9 Å². The van der Waals surface area contributed by atoms with E-state index in [0.717, 1.165) is 46.2 Å². The van der Waals surface area contributed by atoms with Gasteiger partial charge in [0.1, 0.15) is 0 Å². The monoisotopic (exact) mass is 594 g/mol. The molecule has 0 saturated carbocycles. The summed E-state index contributed by atoms with van der Waals surface area (Å²) in [4.78, 5) is 0.726. The van der Waals surface area contributed by atoms with E-state index in [0.29, 0.717) is 74.7 Å². The summed E-state index contributed by atoms with van der Waals surface area (Å²) < 4.78 is 58.3. The van der Waals surface area contributed by atoms with Gasteiger partial charge in [-0.25, -0.2) is 16.8 Å². The Hall–Kier alpha value is -1.82. The van der Waals surface area contributed by atoms with Crippen molar-refractivity contribution in [1.29, 1.82) is 0 Å². The number of nitrogens with two attached hydrogens (primary N) is 2. The number of aryl methyl sites for hydroxylation is 6. The quantitative estimate of drug-likeness (QED) is 0.260. The number of unbranched alkanes of at least 4 members (excludes halogenated alkanes) is 3. The summed E-state index contributed by atoms with van der Waals surface area (Å²) in [5.74, 6) is 0. The predicted octanol–water partition coefficient (Wildman–Crippen LogP) is 4.48. The summed E-state index contributed by atoms with van der Waals surface area (Å²) in [5, 5.41) is 0. The van der Waals surface area contributed by atoms with Crippen LogP contribution in [0.3, 0.4) is 0 Å². The van der Waals surface area contributed by atoms with E-state index in [9.17, 15) is 16.8 Å². The van der Waals surface area contributed by atoms with E-state index in [1.165, 1.54) is 0 Å². The van der Waals surface area contributed by atoms with E-state index in [2.05, 4.69) is 0 Å². The normalized spacial score (nSPS) is 12.6. The second-order valence-corrected chi connectivity index (χ2v) is 14.7. The maximum Gasteiger partial charge on any atom is 0.243 e. The molecule has 0 aliphatic heterocycles. The van der Waals surface area contributed by atoms with Gasteiger partial charge < -0.3 is 11.5 Å². The highest BCUT2D eigenvalue weighted by Gasteiger charge is 2.29. The molecule has 0 unspecified atom stereocenters. The van der Waals surface area contributed by atoms with Gasteiger partial charge in [-0.2, -0.15) is 8.61 Å². The fraction of sp³-hybridized carbons (Fsp3) is 0.600. The average Bonchev–Trinajstić information content (AvgIpc) is 2.82. The maximum absolute atomic E-state index is 13.8. The standard InChI is InChI=1S/C30H50N4O4S2/c1-23-19-25(3)29(26(4)20-23)39(35,36)33(15-9-7-13-31)17-11-12-18-34(16-10-8-14-32)40(37,38)30-27(5)21-24(2)22-28(30)6/h19-22H,7-18,31-32H2,1-6H3. The van der Waals surface area contributed by atoms with Crippen LogP contribution in [0.15, 0.2) is 34.1 Å². The molecule has 0 aromatic heterocycles. The van der Waals surface area contributed by atoms with Gasteiger partial charge >= 0.3 is 0 Å². The third kappa shape index (κ3) is 8.84. The van der Waals surface area contributed by atoms with Gasteiger partial charge in [-0.3, -0.25) is 0 Å². The van der Waals surface area contributed by atoms with Crippen molar-refractivity contribution in [3.8, 4) is 0 Å². The highest BCUT2D eigenvalue weighted by atomic mass is 32.2. The van der Waals surface area contributed by atoms with Crippen LogP contribution in [0.4, 0.5) is 0 Å². The summed E-state index contributed by atoms with van der Waals surface area (Å²) in [5.41, 5.74) is 16.4. The molecule has 0 bridgehead atoms. The Bertz CT molecular complexity index is 1190. The maximum atomic E-state index is 13.8. The summed E-state index contributed by atoms with van der Waals surface area (Å²) in [6.07, 6.45) is 3.90. The minimum absolute atomic E-state index is 0.318. The van der Waals surface area contributed by atoms with Gasteiger partial charge in [-0.05, 0) is 115 Å². The number of rotatable bonds is 17. The van der Waals surface area contributed by atoms with E-state index in [-0.39, 0.29) is 0 Å². The molecule has 0 aliphatic carbocycles. The third-order valence-corrected chi connectivity index (χ3v) is 11.6. The minimum atomic E-state index is -3.72. The molecule has 8 nitrogen and oxygen atoms in total. The van der Waals surface area contributed by atoms with Crippen molar-refractivity contribution < 1.29 is 16.8 Å². The van der Waals surface area contributed by atoms with Crippen LogP contribution in [0.25, 0.3) is 0 Å². The van der Waals surface area contributed by atoms with E-state index >= 15 is 0 Å². The Morgan fingerprint density at radius 1 is 0.500 bits per heavy atom. The summed E-state index contributed by atoms with van der Waals surface area (Å²) in [6, 6.07) is 7.60. The SMILES string of the molecule is Cc1cc(C)c(S(=O)(=O)N(CCCCN)CCCCN(CCCCN)S(=O)(=O)c2c(C)cc(C)cc2C)c(C)c1. The summed E-state index contributed by atoms with van der Waals surface area (Å²) in [6.45, 7) is 13.7. The lowest BCUT2D eigenvalue weighted by atomic mass is 10.1. The van der Waals surface area contributed by atoms with Crippen LogP contribution in [0.2, 0.25) is 0 Å². The average molecular weight is 595 g/mol. The fourth-order valence-corrected chi connectivity index (χ4v) is 9.41. The van der Waals surface area contributed by atoms with E-state index in [4.69, 9.17) is 11.5 Å². The Kier molecular flexibility index (Phi) is 13.3. The lowest BCUT2D eigenvalue weighted by Crippen LogP contribution is -2.36. The lowest BCUT2D eigenvalue weighted by Gasteiger charge is -2.26. The van der Waals surface area contributed by atoms with Gasteiger partial charge in [0.25, 0.3) is 0 Å². The molecular formula is C30H50N4O4S2. The fourth-order valence-electron chi connectivity index (χ4n) is 5.55. The highest BCUT2D eigenvalue weighted by molar-refractivity contribution is 7.89. The topological polar surface area (TPSA) is 127 Å². The zero-order valence-electron chi connectivity index (χ0n) is 25.3. The van der Waals surface area contributed by atoms with Crippen molar-refractivity contribution in [1.82, 2.24) is 8.61 Å². The van der Waals surface area contributed by atoms with Crippen LogP contribution in [-0.2, 0) is 20.0 Å². The minimum Gasteiger partial charge on any atom is -0.330 e. The summed E-state index contributed by atoms with van der Waals surface area (Å²) in [7, 11) is -7.44. The molecule has 0 fully saturated rings. The number of nitrogens with zero attached hydrogens (tertiary/aromatic N) is 2. The van der Waals surface area contributed by atoms with Crippen molar-refractivity contribution in [3.63, 3.8) is 0 Å². The Morgan fingerprint density at radius 2 is 0.750 bits per heavy atom. The largest absolute Gasteiger partial charge is 0.330 e. The Morgan fingerprint density at radius 3 is 1.00 bits per heavy atom. The number of benzene rings is 2. The first-order valence-electron chi connectivity index (χ1n) is 14.3. The Balaban J connectivity index is 2.25. The van der Waals surface area contributed by atoms with Crippen LogP contribution in [0.5, 0.6) is 0 Å². The Labute approximate surface area is 243 Å². The molecule has 0 radical (unpaired) electrons. The van der Waals surface area contributed by atoms with Gasteiger partial charge in [0.2, 0.25) is 20.0 Å². The molecule has 2 rings (SSSR count). The van der Waals surface area contributed by atoms with Crippen LogP contribution >= 0.6 is 0 Å². The third-order valence-electron chi connectivity index (χ3n) is 7.19. The zero-order valence-corrected chi connectivity index (χ0v) is 26.9. The van der Waals surface area contributed by atoms with E-state index < -0.39 is 20.0 Å².